The normalized spacial score (nSPS) is 15.7. The van der Waals surface area contributed by atoms with Crippen molar-refractivity contribution in [2.45, 2.75) is 45.4 Å². The molecule has 1 heterocycles. The van der Waals surface area contributed by atoms with Gasteiger partial charge >= 0.3 is 0 Å². The summed E-state index contributed by atoms with van der Waals surface area (Å²) < 4.78 is 25.5. The minimum atomic E-state index is -3.53. The third kappa shape index (κ3) is 7.14. The fourth-order valence-corrected chi connectivity index (χ4v) is 4.18. The van der Waals surface area contributed by atoms with Gasteiger partial charge in [0.15, 0.2) is 0 Å². The van der Waals surface area contributed by atoms with Crippen molar-refractivity contribution >= 4 is 21.6 Å². The summed E-state index contributed by atoms with van der Waals surface area (Å²) in [6.07, 6.45) is 5.84. The number of carbonyl (C=O) groups excluding carboxylic acids is 1. The first-order valence-electron chi connectivity index (χ1n) is 9.84. The Kier molecular flexibility index (Phi) is 8.10. The molecule has 1 aliphatic rings. The quantitative estimate of drug-likeness (QED) is 0.653. The van der Waals surface area contributed by atoms with Crippen LogP contribution in [0.4, 0.5) is 5.69 Å². The molecule has 1 amide bonds. The number of nitrogens with one attached hydrogen (secondary N) is 1. The predicted molar refractivity (Wildman–Crippen MR) is 111 cm³/mol. The molecule has 0 saturated carbocycles. The lowest BCUT2D eigenvalue weighted by Crippen LogP contribution is -2.41. The molecule has 27 heavy (non-hydrogen) atoms. The lowest BCUT2D eigenvalue weighted by Gasteiger charge is -2.26. The molecule has 0 radical (unpaired) electrons. The number of nitrogens with zero attached hydrogens (tertiary/aromatic N) is 2. The van der Waals surface area contributed by atoms with Crippen LogP contribution in [0.3, 0.4) is 0 Å². The van der Waals surface area contributed by atoms with E-state index in [0.717, 1.165) is 42.2 Å². The third-order valence-electron chi connectivity index (χ3n) is 4.96. The first-order valence-corrected chi connectivity index (χ1v) is 11.7. The number of anilines is 1. The number of carbonyl (C=O) groups is 1. The van der Waals surface area contributed by atoms with Crippen LogP contribution in [0.2, 0.25) is 0 Å². The average Bonchev–Trinajstić information content (AvgIpc) is 2.63. The second-order valence-electron chi connectivity index (χ2n) is 7.62. The van der Waals surface area contributed by atoms with E-state index in [2.05, 4.69) is 24.1 Å². The fraction of sp³-hybridized carbons (Fsp3) is 0.650. The zero-order valence-electron chi connectivity index (χ0n) is 16.8. The molecule has 1 aromatic rings. The number of amides is 1. The summed E-state index contributed by atoms with van der Waals surface area (Å²) in [5, 5.41) is 2.85. The Bertz CT molecular complexity index is 696. The smallest absolute Gasteiger partial charge is 0.240 e. The van der Waals surface area contributed by atoms with E-state index in [0.29, 0.717) is 18.2 Å². The Balaban J connectivity index is 1.86. The molecule has 1 aliphatic heterocycles. The molecule has 1 N–H and O–H groups in total. The van der Waals surface area contributed by atoms with Gasteiger partial charge in [-0.1, -0.05) is 32.4 Å². The molecule has 7 heteroatoms. The lowest BCUT2D eigenvalue weighted by molar-refractivity contribution is -0.119. The van der Waals surface area contributed by atoms with Crippen LogP contribution >= 0.6 is 0 Å². The van der Waals surface area contributed by atoms with Crippen molar-refractivity contribution in [1.29, 1.82) is 0 Å². The van der Waals surface area contributed by atoms with E-state index in [1.165, 1.54) is 19.3 Å². The molecule has 6 nitrogen and oxygen atoms in total. The minimum Gasteiger partial charge on any atom is -0.354 e. The lowest BCUT2D eigenvalue weighted by atomic mass is 10.0. The average molecular weight is 396 g/mol. The van der Waals surface area contributed by atoms with Crippen molar-refractivity contribution in [3.05, 3.63) is 29.8 Å². The van der Waals surface area contributed by atoms with E-state index in [4.69, 9.17) is 0 Å². The molecule has 1 aromatic carbocycles. The number of hydrogen-bond acceptors (Lipinski definition) is 4. The van der Waals surface area contributed by atoms with E-state index in [-0.39, 0.29) is 12.5 Å². The molecular weight excluding hydrogens is 362 g/mol. The van der Waals surface area contributed by atoms with E-state index in [1.807, 2.05) is 12.1 Å². The van der Waals surface area contributed by atoms with Gasteiger partial charge in [-0.2, -0.15) is 0 Å². The summed E-state index contributed by atoms with van der Waals surface area (Å²) in [7, 11) is -3.53. The zero-order chi connectivity index (χ0) is 19.9. The Morgan fingerprint density at radius 1 is 1.15 bits per heavy atom. The van der Waals surface area contributed by atoms with Crippen molar-refractivity contribution in [3.63, 3.8) is 0 Å². The van der Waals surface area contributed by atoms with Gasteiger partial charge in [0.2, 0.25) is 15.9 Å². The van der Waals surface area contributed by atoms with Gasteiger partial charge in [0, 0.05) is 6.54 Å². The molecular formula is C20H33N3O3S. The summed E-state index contributed by atoms with van der Waals surface area (Å²) >= 11 is 0. The zero-order valence-corrected chi connectivity index (χ0v) is 17.6. The highest BCUT2D eigenvalue weighted by atomic mass is 32.2. The third-order valence-corrected chi connectivity index (χ3v) is 6.10. The van der Waals surface area contributed by atoms with Gasteiger partial charge in [0.1, 0.15) is 6.54 Å². The maximum atomic E-state index is 12.3. The minimum absolute atomic E-state index is 0.191. The summed E-state index contributed by atoms with van der Waals surface area (Å²) in [5.41, 5.74) is 1.65. The second kappa shape index (κ2) is 10.1. The number of piperidine rings is 1. The van der Waals surface area contributed by atoms with Crippen molar-refractivity contribution in [2.24, 2.45) is 0 Å². The number of likely N-dealkylation sites (tertiary alicyclic amines) is 1. The number of hydrogen-bond donors (Lipinski definition) is 1. The van der Waals surface area contributed by atoms with Gasteiger partial charge < -0.3 is 10.2 Å². The second-order valence-corrected chi connectivity index (χ2v) is 9.53. The molecule has 0 unspecified atom stereocenters. The van der Waals surface area contributed by atoms with E-state index in [1.54, 1.807) is 12.1 Å². The van der Waals surface area contributed by atoms with Gasteiger partial charge in [-0.3, -0.25) is 9.10 Å². The molecule has 0 spiro atoms. The fourth-order valence-electron chi connectivity index (χ4n) is 3.33. The standard InChI is InChI=1S/C20H33N3O3S/c1-17(2)18-8-10-19(11-9-18)23(27(3,25)26)16-20(24)21-12-7-15-22-13-5-4-6-14-22/h8-11,17H,4-7,12-16H2,1-3H3,(H,21,24). The number of sulfonamides is 1. The maximum absolute atomic E-state index is 12.3. The summed E-state index contributed by atoms with van der Waals surface area (Å²) in [6, 6.07) is 7.35. The number of rotatable bonds is 9. The first kappa shape index (κ1) is 21.7. The highest BCUT2D eigenvalue weighted by molar-refractivity contribution is 7.92. The molecule has 2 rings (SSSR count). The van der Waals surface area contributed by atoms with Gasteiger partial charge in [0.25, 0.3) is 0 Å². The van der Waals surface area contributed by atoms with Crippen LogP contribution in [0.5, 0.6) is 0 Å². The van der Waals surface area contributed by atoms with Crippen LogP contribution in [-0.4, -0.2) is 58.2 Å². The highest BCUT2D eigenvalue weighted by Gasteiger charge is 2.21. The number of benzene rings is 1. The van der Waals surface area contributed by atoms with Crippen molar-refractivity contribution in [3.8, 4) is 0 Å². The van der Waals surface area contributed by atoms with Crippen molar-refractivity contribution < 1.29 is 13.2 Å². The van der Waals surface area contributed by atoms with Gasteiger partial charge in [-0.05, 0) is 62.5 Å². The predicted octanol–water partition coefficient (Wildman–Crippen LogP) is 2.57. The molecule has 0 aliphatic carbocycles. The maximum Gasteiger partial charge on any atom is 0.240 e. The van der Waals surface area contributed by atoms with Crippen LogP contribution in [0, 0.1) is 0 Å². The Labute approximate surface area is 164 Å². The van der Waals surface area contributed by atoms with E-state index < -0.39 is 10.0 Å². The highest BCUT2D eigenvalue weighted by Crippen LogP contribution is 2.21. The molecule has 0 bridgehead atoms. The van der Waals surface area contributed by atoms with E-state index >= 15 is 0 Å². The topological polar surface area (TPSA) is 69.7 Å². The SMILES string of the molecule is CC(C)c1ccc(N(CC(=O)NCCCN2CCCCC2)S(C)(=O)=O)cc1. The molecule has 152 valence electrons. The molecule has 0 aromatic heterocycles. The Morgan fingerprint density at radius 3 is 2.33 bits per heavy atom. The van der Waals surface area contributed by atoms with Crippen molar-refractivity contribution in [2.75, 3.05) is 43.3 Å². The summed E-state index contributed by atoms with van der Waals surface area (Å²) in [4.78, 5) is 14.7. The molecule has 1 saturated heterocycles. The van der Waals surface area contributed by atoms with E-state index in [9.17, 15) is 13.2 Å². The summed E-state index contributed by atoms with van der Waals surface area (Å²) in [5.74, 6) is 0.0981. The van der Waals surface area contributed by atoms with Gasteiger partial charge in [0.05, 0.1) is 11.9 Å². The van der Waals surface area contributed by atoms with Gasteiger partial charge in [-0.25, -0.2) is 8.42 Å². The summed E-state index contributed by atoms with van der Waals surface area (Å²) in [6.45, 7) is 7.81. The van der Waals surface area contributed by atoms with Crippen LogP contribution in [-0.2, 0) is 14.8 Å². The molecule has 0 atom stereocenters. The molecule has 1 fully saturated rings. The Hall–Kier alpha value is -1.60. The van der Waals surface area contributed by atoms with Crippen LogP contribution < -0.4 is 9.62 Å². The first-order chi connectivity index (χ1) is 12.8. The van der Waals surface area contributed by atoms with Crippen LogP contribution in [0.15, 0.2) is 24.3 Å². The van der Waals surface area contributed by atoms with Crippen LogP contribution in [0.1, 0.15) is 51.0 Å². The largest absolute Gasteiger partial charge is 0.354 e. The van der Waals surface area contributed by atoms with Crippen LogP contribution in [0.25, 0.3) is 0 Å². The monoisotopic (exact) mass is 395 g/mol. The Morgan fingerprint density at radius 2 is 1.78 bits per heavy atom. The van der Waals surface area contributed by atoms with Gasteiger partial charge in [-0.15, -0.1) is 0 Å². The van der Waals surface area contributed by atoms with Crippen molar-refractivity contribution in [1.82, 2.24) is 10.2 Å².